The van der Waals surface area contributed by atoms with Crippen LogP contribution in [0.5, 0.6) is 0 Å². The lowest BCUT2D eigenvalue weighted by Crippen LogP contribution is -2.71. The molecule has 4 rings (SSSR count). The number of aliphatic hydroxyl groups is 10. The van der Waals surface area contributed by atoms with Crippen molar-refractivity contribution in [3.8, 4) is 0 Å². The van der Waals surface area contributed by atoms with Crippen LogP contribution in [0, 0.1) is 0 Å². The first-order valence-corrected chi connectivity index (χ1v) is 17.3. The Morgan fingerprint density at radius 1 is 0.873 bits per heavy atom. The van der Waals surface area contributed by atoms with Gasteiger partial charge >= 0.3 is 5.97 Å². The second-order valence-corrected chi connectivity index (χ2v) is 13.3. The highest BCUT2D eigenvalue weighted by Gasteiger charge is 2.60. The molecule has 3 aliphatic heterocycles. The molecule has 0 aliphatic carbocycles. The number of hydrogen-bond acceptors (Lipinski definition) is 19. The maximum Gasteiger partial charge on any atom is 0.364 e. The number of nitrogens with one attached hydrogen (secondary N) is 2. The van der Waals surface area contributed by atoms with Crippen molar-refractivity contribution in [1.82, 2.24) is 10.6 Å². The Hall–Kier alpha value is -3.30. The molecule has 55 heavy (non-hydrogen) atoms. The highest BCUT2D eigenvalue weighted by Crippen LogP contribution is 2.38. The Labute approximate surface area is 312 Å². The third-order valence-electron chi connectivity index (χ3n) is 9.45. The number of ether oxygens (including phenoxy) is 5. The minimum Gasteiger partial charge on any atom is -0.477 e. The largest absolute Gasteiger partial charge is 0.477 e. The van der Waals surface area contributed by atoms with Crippen LogP contribution >= 0.6 is 0 Å². The van der Waals surface area contributed by atoms with Gasteiger partial charge in [0.15, 0.2) is 12.5 Å². The summed E-state index contributed by atoms with van der Waals surface area (Å²) >= 11 is 0. The first kappa shape index (κ1) is 44.4. The highest BCUT2D eigenvalue weighted by molar-refractivity contribution is 5.79. The lowest BCUT2D eigenvalue weighted by atomic mass is 9.88. The van der Waals surface area contributed by atoms with Gasteiger partial charge in [0.25, 0.3) is 5.79 Å². The summed E-state index contributed by atoms with van der Waals surface area (Å²) in [5.74, 6) is -6.55. The van der Waals surface area contributed by atoms with Crippen molar-refractivity contribution in [2.24, 2.45) is 0 Å². The first-order valence-electron chi connectivity index (χ1n) is 17.3. The van der Waals surface area contributed by atoms with E-state index in [1.165, 1.54) is 0 Å². The highest BCUT2D eigenvalue weighted by atomic mass is 16.8. The molecule has 3 saturated heterocycles. The minimum atomic E-state index is -3.10. The average Bonchev–Trinajstić information content (AvgIpc) is 3.16. The smallest absolute Gasteiger partial charge is 0.364 e. The molecule has 1 aromatic carbocycles. The summed E-state index contributed by atoms with van der Waals surface area (Å²) in [6, 6.07) is 6.67. The van der Waals surface area contributed by atoms with Crippen molar-refractivity contribution in [2.45, 2.75) is 123 Å². The number of amides is 2. The number of aliphatic hydroxyl groups excluding tert-OH is 10. The van der Waals surface area contributed by atoms with Gasteiger partial charge in [0.1, 0.15) is 73.4 Å². The van der Waals surface area contributed by atoms with Crippen molar-refractivity contribution in [2.75, 3.05) is 19.8 Å². The third-order valence-corrected chi connectivity index (χ3v) is 9.45. The van der Waals surface area contributed by atoms with E-state index in [0.717, 1.165) is 0 Å². The summed E-state index contributed by atoms with van der Waals surface area (Å²) in [4.78, 5) is 48.6. The van der Waals surface area contributed by atoms with Crippen LogP contribution in [0.3, 0.4) is 0 Å². The van der Waals surface area contributed by atoms with Crippen LogP contribution in [0.15, 0.2) is 30.3 Å². The number of benzene rings is 1. The fourth-order valence-electron chi connectivity index (χ4n) is 6.51. The molecular formula is C33H48N2O20. The summed E-state index contributed by atoms with van der Waals surface area (Å²) in [6.07, 6.45) is -28.5. The molecule has 0 saturated carbocycles. The fourth-order valence-corrected chi connectivity index (χ4v) is 6.51. The van der Waals surface area contributed by atoms with E-state index in [4.69, 9.17) is 23.7 Å². The molecule has 0 unspecified atom stereocenters. The summed E-state index contributed by atoms with van der Waals surface area (Å²) in [6.45, 7) is -3.00. The Morgan fingerprint density at radius 2 is 1.55 bits per heavy atom. The van der Waals surface area contributed by atoms with Gasteiger partial charge in [0.05, 0.1) is 38.4 Å². The van der Waals surface area contributed by atoms with Gasteiger partial charge in [-0.25, -0.2) is 4.79 Å². The molecular weight excluding hydrogens is 744 g/mol. The van der Waals surface area contributed by atoms with Gasteiger partial charge in [-0.15, -0.1) is 0 Å². The molecule has 3 heterocycles. The van der Waals surface area contributed by atoms with Crippen molar-refractivity contribution < 1.29 is 99.0 Å². The SMILES string of the molecule is O=CCCC(=O)N[C@@H]1O[C@H](CO)[C@@H](O[C@@H]2O[C@H](CO)[C@H](O)[C@H](O[C@]3(C(=O)O)C[C@H](O)[C@@H](NC(=O)Cc4ccccc4)[C@H]([C@H](O)[C@H](O)CO)O3)[C@H]2O)[C@H](O)[C@H]1O. The number of carboxylic acids is 1. The molecule has 1 aromatic rings. The van der Waals surface area contributed by atoms with Crippen molar-refractivity contribution >= 4 is 24.1 Å². The molecule has 3 aliphatic rings. The second kappa shape index (κ2) is 19.7. The zero-order valence-electron chi connectivity index (χ0n) is 29.2. The Kier molecular flexibility index (Phi) is 15.9. The van der Waals surface area contributed by atoms with Crippen LogP contribution in [0.2, 0.25) is 0 Å². The van der Waals surface area contributed by atoms with Crippen LogP contribution in [-0.2, 0) is 49.3 Å². The fraction of sp³-hybridized carbons (Fsp3) is 0.697. The van der Waals surface area contributed by atoms with Crippen molar-refractivity contribution in [1.29, 1.82) is 0 Å². The van der Waals surface area contributed by atoms with E-state index in [0.29, 0.717) is 11.8 Å². The molecule has 0 radical (unpaired) electrons. The number of carboxylic acid groups (broad SMARTS) is 1. The minimum absolute atomic E-state index is 0.157. The summed E-state index contributed by atoms with van der Waals surface area (Å²) in [5.41, 5.74) is 0.546. The van der Waals surface area contributed by atoms with Crippen LogP contribution in [0.1, 0.15) is 24.8 Å². The number of carbonyl (C=O) groups excluding carboxylic acids is 3. The molecule has 13 N–H and O–H groups in total. The maximum absolute atomic E-state index is 13.0. The van der Waals surface area contributed by atoms with Crippen LogP contribution < -0.4 is 10.6 Å². The predicted molar refractivity (Wildman–Crippen MR) is 176 cm³/mol. The number of aliphatic carboxylic acids is 1. The van der Waals surface area contributed by atoms with Gasteiger partial charge < -0.3 is 95.3 Å². The van der Waals surface area contributed by atoms with Gasteiger partial charge in [-0.2, -0.15) is 0 Å². The Bertz CT molecular complexity index is 1420. The van der Waals surface area contributed by atoms with E-state index in [-0.39, 0.29) is 19.3 Å². The molecule has 0 bridgehead atoms. The standard InChI is InChI=1S/C33H48N2O20/c36-8-4-7-19(42)35-30-25(47)24(46)27(18(13-39)51-30)53-31-26(48)29(23(45)17(12-38)52-31)55-33(32(49)50)10-15(40)21(28(54-33)22(44)16(41)11-37)34-20(43)9-14-5-2-1-3-6-14/h1-3,5-6,8,15-18,21-31,37-41,44-48H,4,7,9-13H2,(H,34,43)(H,35,42)(H,49,50)/t15-,16+,17+,18+,21+,22+,23-,24+,25+,26+,27+,28+,29-,30+,31-,33-/m0/s1. The van der Waals surface area contributed by atoms with E-state index in [1.807, 2.05) is 0 Å². The first-order chi connectivity index (χ1) is 26.1. The maximum atomic E-state index is 13.0. The van der Waals surface area contributed by atoms with Crippen LogP contribution in [0.25, 0.3) is 0 Å². The Balaban J connectivity index is 1.58. The zero-order valence-corrected chi connectivity index (χ0v) is 29.2. The predicted octanol–water partition coefficient (Wildman–Crippen LogP) is -6.90. The van der Waals surface area contributed by atoms with Crippen LogP contribution in [0.4, 0.5) is 0 Å². The lowest BCUT2D eigenvalue weighted by Gasteiger charge is -2.50. The lowest BCUT2D eigenvalue weighted by molar-refractivity contribution is -0.381. The zero-order chi connectivity index (χ0) is 40.6. The van der Waals surface area contributed by atoms with Crippen molar-refractivity contribution in [3.63, 3.8) is 0 Å². The number of rotatable bonds is 17. The molecule has 310 valence electrons. The topological polar surface area (TPSA) is 361 Å². The van der Waals surface area contributed by atoms with Gasteiger partial charge in [-0.1, -0.05) is 30.3 Å². The van der Waals surface area contributed by atoms with E-state index >= 15 is 0 Å². The molecule has 0 spiro atoms. The van der Waals surface area contributed by atoms with Crippen molar-refractivity contribution in [3.05, 3.63) is 35.9 Å². The van der Waals surface area contributed by atoms with E-state index < -0.39 is 142 Å². The number of carbonyl (C=O) groups is 4. The average molecular weight is 793 g/mol. The van der Waals surface area contributed by atoms with E-state index in [9.17, 15) is 75.3 Å². The molecule has 2 amide bonds. The molecule has 22 heteroatoms. The van der Waals surface area contributed by atoms with Gasteiger partial charge in [-0.3, -0.25) is 9.59 Å². The molecule has 16 atom stereocenters. The van der Waals surface area contributed by atoms with Crippen LogP contribution in [-0.4, -0.2) is 198 Å². The van der Waals surface area contributed by atoms with Gasteiger partial charge in [0.2, 0.25) is 11.8 Å². The Morgan fingerprint density at radius 3 is 2.15 bits per heavy atom. The van der Waals surface area contributed by atoms with Gasteiger partial charge in [-0.05, 0) is 5.56 Å². The monoisotopic (exact) mass is 792 g/mol. The number of aldehydes is 1. The quantitative estimate of drug-likeness (QED) is 0.0652. The second-order valence-electron chi connectivity index (χ2n) is 13.3. The normalized spacial score (nSPS) is 37.7. The van der Waals surface area contributed by atoms with E-state index in [2.05, 4.69) is 10.6 Å². The third kappa shape index (κ3) is 10.4. The van der Waals surface area contributed by atoms with E-state index in [1.54, 1.807) is 30.3 Å². The molecule has 3 fully saturated rings. The molecule has 0 aromatic heterocycles. The summed E-state index contributed by atoms with van der Waals surface area (Å²) in [7, 11) is 0. The van der Waals surface area contributed by atoms with Gasteiger partial charge in [0, 0.05) is 19.3 Å². The number of hydrogen-bond donors (Lipinski definition) is 13. The molecule has 22 nitrogen and oxygen atoms in total. The summed E-state index contributed by atoms with van der Waals surface area (Å²) in [5, 5.41) is 121. The summed E-state index contributed by atoms with van der Waals surface area (Å²) < 4.78 is 28.0.